The molecule has 6 aromatic carbocycles. The minimum absolute atomic E-state index is 0.993. The lowest BCUT2D eigenvalue weighted by Gasteiger charge is -2.19. The Morgan fingerprint density at radius 2 is 1.14 bits per heavy atom. The molecule has 0 atom stereocenters. The van der Waals surface area contributed by atoms with Crippen molar-refractivity contribution in [2.75, 3.05) is 0 Å². The van der Waals surface area contributed by atoms with Gasteiger partial charge in [0.2, 0.25) is 0 Å². The summed E-state index contributed by atoms with van der Waals surface area (Å²) in [6.45, 7) is 0. The Hall–Kier alpha value is -5.18. The van der Waals surface area contributed by atoms with Crippen molar-refractivity contribution in [3.05, 3.63) is 162 Å². The van der Waals surface area contributed by atoms with E-state index in [0.29, 0.717) is 0 Å². The normalized spacial score (nSPS) is 13.0. The molecule has 0 unspecified atom stereocenters. The number of fused-ring (bicyclic) bond motifs is 6. The van der Waals surface area contributed by atoms with Gasteiger partial charge in [-0.3, -0.25) is 0 Å². The third-order valence-corrected chi connectivity index (χ3v) is 10.3. The highest BCUT2D eigenvalue weighted by atomic mass is 32.1. The number of hydrogen-bond donors (Lipinski definition) is 0. The van der Waals surface area contributed by atoms with E-state index in [9.17, 15) is 0 Å². The molecule has 0 bridgehead atoms. The van der Waals surface area contributed by atoms with Crippen LogP contribution in [-0.4, -0.2) is 4.57 Å². The first-order valence-corrected chi connectivity index (χ1v) is 16.1. The fraction of sp³-hybridized carbons (Fsp3) is 0.0476. The van der Waals surface area contributed by atoms with Gasteiger partial charge in [-0.15, -0.1) is 11.3 Å². The van der Waals surface area contributed by atoms with Gasteiger partial charge in [0.05, 0.1) is 5.52 Å². The Bertz CT molecular complexity index is 2310. The summed E-state index contributed by atoms with van der Waals surface area (Å²) in [4.78, 5) is 0. The molecule has 208 valence electrons. The Morgan fingerprint density at radius 1 is 0.500 bits per heavy atom. The minimum Gasteiger partial charge on any atom is -0.313 e. The molecule has 0 fully saturated rings. The van der Waals surface area contributed by atoms with E-state index in [2.05, 4.69) is 156 Å². The average Bonchev–Trinajstić information content (AvgIpc) is 3.64. The van der Waals surface area contributed by atoms with Gasteiger partial charge in [0.1, 0.15) is 0 Å². The molecule has 2 heteroatoms. The maximum absolute atomic E-state index is 2.52. The van der Waals surface area contributed by atoms with Crippen LogP contribution in [0.4, 0.5) is 0 Å². The molecule has 0 saturated heterocycles. The first kappa shape index (κ1) is 25.3. The molecule has 1 aliphatic carbocycles. The van der Waals surface area contributed by atoms with Crippen LogP contribution in [0.1, 0.15) is 23.2 Å². The topological polar surface area (TPSA) is 4.93 Å². The van der Waals surface area contributed by atoms with Crippen molar-refractivity contribution in [3.63, 3.8) is 0 Å². The van der Waals surface area contributed by atoms with Gasteiger partial charge in [-0.05, 0) is 82.6 Å². The molecule has 0 radical (unpaired) electrons. The van der Waals surface area contributed by atoms with E-state index >= 15 is 0 Å². The number of nitrogens with zero attached hydrogens (tertiary/aromatic N) is 1. The van der Waals surface area contributed by atoms with E-state index < -0.39 is 0 Å². The molecule has 2 aromatic heterocycles. The van der Waals surface area contributed by atoms with Crippen LogP contribution in [0.25, 0.3) is 70.7 Å². The van der Waals surface area contributed by atoms with Crippen LogP contribution < -0.4 is 0 Å². The second kappa shape index (κ2) is 10.2. The highest BCUT2D eigenvalue weighted by molar-refractivity contribution is 7.26. The molecule has 9 rings (SSSR count). The standard InChI is InChI=1S/C42H29NS/c1-3-12-28(13-4-1)31-24-32(29-14-5-2-6-15-29)26-33(25-31)43-39-20-9-7-16-35(39)38-27-30(22-23-40(38)43)34-18-11-19-37-36-17-8-10-21-41(36)44-42(34)37/h1-21,24-27H,22-23H2. The quantitative estimate of drug-likeness (QED) is 0.195. The van der Waals surface area contributed by atoms with Crippen LogP contribution in [-0.2, 0) is 6.42 Å². The van der Waals surface area contributed by atoms with E-state index in [1.165, 1.54) is 81.4 Å². The second-order valence-corrected chi connectivity index (χ2v) is 12.7. The van der Waals surface area contributed by atoms with Gasteiger partial charge < -0.3 is 4.57 Å². The summed E-state index contributed by atoms with van der Waals surface area (Å²) in [5.74, 6) is 0. The van der Waals surface area contributed by atoms with E-state index in [4.69, 9.17) is 0 Å². The number of hydrogen-bond acceptors (Lipinski definition) is 1. The van der Waals surface area contributed by atoms with E-state index in [1.54, 1.807) is 0 Å². The fourth-order valence-corrected chi connectivity index (χ4v) is 8.32. The van der Waals surface area contributed by atoms with Crippen molar-refractivity contribution in [3.8, 4) is 27.9 Å². The molecule has 0 saturated carbocycles. The summed E-state index contributed by atoms with van der Waals surface area (Å²) < 4.78 is 5.28. The zero-order valence-corrected chi connectivity index (χ0v) is 25.0. The van der Waals surface area contributed by atoms with Crippen molar-refractivity contribution in [2.45, 2.75) is 12.8 Å². The lowest BCUT2D eigenvalue weighted by atomic mass is 9.90. The van der Waals surface area contributed by atoms with Gasteiger partial charge >= 0.3 is 0 Å². The molecule has 0 aliphatic heterocycles. The molecule has 0 amide bonds. The molecule has 0 N–H and O–H groups in total. The van der Waals surface area contributed by atoms with Gasteiger partial charge in [-0.25, -0.2) is 0 Å². The van der Waals surface area contributed by atoms with Gasteiger partial charge in [-0.2, -0.15) is 0 Å². The van der Waals surface area contributed by atoms with Crippen LogP contribution in [0.5, 0.6) is 0 Å². The van der Waals surface area contributed by atoms with Crippen molar-refractivity contribution < 1.29 is 0 Å². The van der Waals surface area contributed by atoms with Gasteiger partial charge in [0.15, 0.2) is 0 Å². The predicted molar refractivity (Wildman–Crippen MR) is 190 cm³/mol. The average molecular weight is 580 g/mol. The number of aromatic nitrogens is 1. The SMILES string of the molecule is C1=C(c2cccc3c2sc2ccccc23)CCc2c1c1ccccc1n2-c1cc(-c2ccccc2)cc(-c2ccccc2)c1. The summed E-state index contributed by atoms with van der Waals surface area (Å²) in [6, 6.07) is 53.1. The first-order chi connectivity index (χ1) is 21.8. The third-order valence-electron chi connectivity index (χ3n) is 9.11. The molecular formula is C42H29NS. The maximum atomic E-state index is 2.52. The monoisotopic (exact) mass is 579 g/mol. The molecule has 8 aromatic rings. The molecule has 1 aliphatic rings. The highest BCUT2D eigenvalue weighted by Crippen LogP contribution is 2.44. The number of allylic oxidation sites excluding steroid dienone is 1. The first-order valence-electron chi connectivity index (χ1n) is 15.3. The second-order valence-electron chi connectivity index (χ2n) is 11.7. The van der Waals surface area contributed by atoms with E-state index in [-0.39, 0.29) is 0 Å². The Labute approximate surface area is 261 Å². The van der Waals surface area contributed by atoms with Gasteiger partial charge in [0.25, 0.3) is 0 Å². The van der Waals surface area contributed by atoms with Crippen molar-refractivity contribution in [2.24, 2.45) is 0 Å². The number of thiophene rings is 1. The molecule has 0 spiro atoms. The summed E-state index contributed by atoms with van der Waals surface area (Å²) in [5.41, 5.74) is 13.0. The van der Waals surface area contributed by atoms with Crippen molar-refractivity contribution >= 4 is 54.1 Å². The molecule has 44 heavy (non-hydrogen) atoms. The van der Waals surface area contributed by atoms with Crippen LogP contribution >= 0.6 is 11.3 Å². The minimum atomic E-state index is 0.993. The van der Waals surface area contributed by atoms with Crippen LogP contribution in [0.2, 0.25) is 0 Å². The third kappa shape index (κ3) is 4.06. The molecular weight excluding hydrogens is 551 g/mol. The van der Waals surface area contributed by atoms with E-state index in [0.717, 1.165) is 12.8 Å². The Morgan fingerprint density at radius 3 is 1.89 bits per heavy atom. The zero-order valence-electron chi connectivity index (χ0n) is 24.2. The van der Waals surface area contributed by atoms with Gasteiger partial charge in [0, 0.05) is 42.5 Å². The molecule has 2 heterocycles. The van der Waals surface area contributed by atoms with Crippen molar-refractivity contribution in [1.82, 2.24) is 4.57 Å². The zero-order chi connectivity index (χ0) is 29.0. The highest BCUT2D eigenvalue weighted by Gasteiger charge is 2.23. The van der Waals surface area contributed by atoms with Crippen molar-refractivity contribution in [1.29, 1.82) is 0 Å². The summed E-state index contributed by atoms with van der Waals surface area (Å²) in [7, 11) is 0. The fourth-order valence-electron chi connectivity index (χ4n) is 7.07. The number of benzene rings is 6. The number of rotatable bonds is 4. The van der Waals surface area contributed by atoms with Crippen LogP contribution in [0.15, 0.2) is 146 Å². The lowest BCUT2D eigenvalue weighted by molar-refractivity contribution is 0.899. The summed E-state index contributed by atoms with van der Waals surface area (Å²) >= 11 is 1.92. The Balaban J connectivity index is 1.26. The lowest BCUT2D eigenvalue weighted by Crippen LogP contribution is -2.05. The van der Waals surface area contributed by atoms with Crippen LogP contribution in [0, 0.1) is 0 Å². The largest absolute Gasteiger partial charge is 0.313 e. The number of para-hydroxylation sites is 1. The van der Waals surface area contributed by atoms with E-state index in [1.807, 2.05) is 11.3 Å². The predicted octanol–water partition coefficient (Wildman–Crippen LogP) is 11.8. The van der Waals surface area contributed by atoms with Gasteiger partial charge in [-0.1, -0.05) is 115 Å². The maximum Gasteiger partial charge on any atom is 0.0537 e. The van der Waals surface area contributed by atoms with Crippen LogP contribution in [0.3, 0.4) is 0 Å². The summed E-state index contributed by atoms with van der Waals surface area (Å²) in [5, 5.41) is 4.04. The Kier molecular flexibility index (Phi) is 5.89. The summed E-state index contributed by atoms with van der Waals surface area (Å²) in [6.07, 6.45) is 4.49. The smallest absolute Gasteiger partial charge is 0.0537 e. The molecule has 1 nitrogen and oxygen atoms in total.